The number of unbranched alkanes of at least 4 members (excludes halogenated alkanes) is 1. The predicted molar refractivity (Wildman–Crippen MR) is 118 cm³/mol. The first-order valence-corrected chi connectivity index (χ1v) is 11.7. The van der Waals surface area contributed by atoms with Gasteiger partial charge in [-0.25, -0.2) is 4.94 Å². The van der Waals surface area contributed by atoms with Crippen LogP contribution >= 0.6 is 11.8 Å². The van der Waals surface area contributed by atoms with Gasteiger partial charge in [-0.15, -0.1) is 0 Å². The molecule has 0 aliphatic carbocycles. The number of ether oxygens (including phenoxy) is 1. The summed E-state index contributed by atoms with van der Waals surface area (Å²) in [6, 6.07) is 8.32. The van der Waals surface area contributed by atoms with Crippen LogP contribution in [0.1, 0.15) is 32.6 Å². The number of hydroxylamine groups is 4. The fraction of sp³-hybridized carbons (Fsp3) is 0.667. The number of hydrogen-bond donors (Lipinski definition) is 1. The van der Waals surface area contributed by atoms with E-state index in [1.54, 1.807) is 5.06 Å². The van der Waals surface area contributed by atoms with E-state index in [0.29, 0.717) is 0 Å². The highest BCUT2D eigenvalue weighted by Crippen LogP contribution is 2.32. The second kappa shape index (κ2) is 10.5. The zero-order chi connectivity index (χ0) is 20.7. The maximum atomic E-state index is 12.2. The lowest BCUT2D eigenvalue weighted by atomic mass is 9.91. The molecule has 2 fully saturated rings. The van der Waals surface area contributed by atoms with Crippen LogP contribution in [-0.2, 0) is 9.73 Å². The van der Waals surface area contributed by atoms with Crippen LogP contribution in [0.15, 0.2) is 24.3 Å². The van der Waals surface area contributed by atoms with Crippen LogP contribution in [-0.4, -0.2) is 72.9 Å². The van der Waals surface area contributed by atoms with Gasteiger partial charge in [-0.3, -0.25) is 4.79 Å². The fourth-order valence-corrected chi connectivity index (χ4v) is 4.96. The van der Waals surface area contributed by atoms with Gasteiger partial charge in [-0.05, 0) is 55.0 Å². The molecule has 2 aliphatic heterocycles. The Balaban J connectivity index is 1.49. The summed E-state index contributed by atoms with van der Waals surface area (Å²) in [7, 11) is 1.84. The number of anilines is 1. The minimum absolute atomic E-state index is 0.291. The van der Waals surface area contributed by atoms with E-state index in [2.05, 4.69) is 24.0 Å². The zero-order valence-electron chi connectivity index (χ0n) is 17.6. The molecule has 162 valence electrons. The quantitative estimate of drug-likeness (QED) is 0.484. The van der Waals surface area contributed by atoms with E-state index in [1.807, 2.05) is 36.0 Å². The Labute approximate surface area is 178 Å². The Morgan fingerprint density at radius 2 is 1.83 bits per heavy atom. The number of carbonyl (C=O) groups is 1. The Kier molecular flexibility index (Phi) is 8.06. The first-order chi connectivity index (χ1) is 14.0. The lowest BCUT2D eigenvalue weighted by Crippen LogP contribution is -2.60. The second-order valence-electron chi connectivity index (χ2n) is 7.70. The Morgan fingerprint density at radius 1 is 1.17 bits per heavy atom. The molecule has 0 spiro atoms. The summed E-state index contributed by atoms with van der Waals surface area (Å²) in [6.07, 6.45) is 3.68. The summed E-state index contributed by atoms with van der Waals surface area (Å²) >= 11 is 1.86. The van der Waals surface area contributed by atoms with E-state index < -0.39 is 5.54 Å². The van der Waals surface area contributed by atoms with Crippen molar-refractivity contribution in [1.29, 1.82) is 0 Å². The number of piperazine rings is 1. The van der Waals surface area contributed by atoms with E-state index in [1.165, 1.54) is 5.69 Å². The van der Waals surface area contributed by atoms with Crippen LogP contribution in [0.25, 0.3) is 0 Å². The van der Waals surface area contributed by atoms with Crippen LogP contribution < -0.4 is 15.4 Å². The van der Waals surface area contributed by atoms with Crippen molar-refractivity contribution in [3.63, 3.8) is 0 Å². The number of primary amides is 1. The van der Waals surface area contributed by atoms with Crippen molar-refractivity contribution in [2.45, 2.75) is 38.1 Å². The molecule has 2 heterocycles. The second-order valence-corrected chi connectivity index (χ2v) is 8.92. The van der Waals surface area contributed by atoms with Crippen molar-refractivity contribution >= 4 is 23.4 Å². The van der Waals surface area contributed by atoms with E-state index >= 15 is 0 Å². The summed E-state index contributed by atoms with van der Waals surface area (Å²) in [5.41, 5.74) is 6.24. The van der Waals surface area contributed by atoms with E-state index in [4.69, 9.17) is 15.4 Å². The Bertz CT molecular complexity index is 644. The molecular formula is C21H34N4O3S. The molecule has 1 aromatic carbocycles. The first-order valence-electron chi connectivity index (χ1n) is 10.6. The van der Waals surface area contributed by atoms with Gasteiger partial charge in [0.1, 0.15) is 11.3 Å². The molecule has 8 heteroatoms. The molecule has 7 nitrogen and oxygen atoms in total. The highest BCUT2D eigenvalue weighted by molar-refractivity contribution is 7.99. The van der Waals surface area contributed by atoms with Gasteiger partial charge in [0.25, 0.3) is 0 Å². The highest BCUT2D eigenvalue weighted by Gasteiger charge is 2.44. The summed E-state index contributed by atoms with van der Waals surface area (Å²) in [4.78, 5) is 20.6. The molecule has 2 saturated heterocycles. The maximum Gasteiger partial charge on any atom is 0.240 e. The fourth-order valence-electron chi connectivity index (χ4n) is 3.79. The van der Waals surface area contributed by atoms with Gasteiger partial charge < -0.3 is 15.4 Å². The third-order valence-corrected chi connectivity index (χ3v) is 6.81. The van der Waals surface area contributed by atoms with Gasteiger partial charge >= 0.3 is 0 Å². The van der Waals surface area contributed by atoms with E-state index in [9.17, 15) is 4.79 Å². The molecule has 0 bridgehead atoms. The van der Waals surface area contributed by atoms with Crippen molar-refractivity contribution in [1.82, 2.24) is 10.1 Å². The molecule has 0 unspecified atom stereocenters. The first kappa shape index (κ1) is 22.2. The number of nitrogens with zero attached hydrogens (tertiary/aromatic N) is 3. The van der Waals surface area contributed by atoms with Crippen molar-refractivity contribution in [3.05, 3.63) is 24.3 Å². The minimum atomic E-state index is -0.698. The predicted octanol–water partition coefficient (Wildman–Crippen LogP) is 2.52. The molecule has 0 saturated carbocycles. The summed E-state index contributed by atoms with van der Waals surface area (Å²) in [5.74, 6) is 2.50. The molecule has 29 heavy (non-hydrogen) atoms. The molecule has 0 aromatic heterocycles. The monoisotopic (exact) mass is 422 g/mol. The molecule has 0 radical (unpaired) electrons. The van der Waals surface area contributed by atoms with Gasteiger partial charge in [0, 0.05) is 38.9 Å². The molecule has 1 aromatic rings. The SMILES string of the molecule is CCCCOc1ccc(N2CCN(ON(C)C3(C(N)=O)CCSCC3)CC2)cc1. The van der Waals surface area contributed by atoms with Crippen LogP contribution in [0.3, 0.4) is 0 Å². The summed E-state index contributed by atoms with van der Waals surface area (Å²) in [6.45, 7) is 6.19. The molecule has 3 rings (SSSR count). The smallest absolute Gasteiger partial charge is 0.240 e. The molecule has 1 amide bonds. The number of likely N-dealkylation sites (N-methyl/N-ethyl adjacent to an activating group) is 1. The van der Waals surface area contributed by atoms with Crippen molar-refractivity contribution in [2.24, 2.45) is 5.73 Å². The summed E-state index contributed by atoms with van der Waals surface area (Å²) < 4.78 is 5.74. The number of thioether (sulfide) groups is 1. The number of rotatable bonds is 9. The van der Waals surface area contributed by atoms with Crippen LogP contribution in [0.5, 0.6) is 5.75 Å². The van der Waals surface area contributed by atoms with Crippen LogP contribution in [0.4, 0.5) is 5.69 Å². The number of benzene rings is 1. The lowest BCUT2D eigenvalue weighted by Gasteiger charge is -2.44. The van der Waals surface area contributed by atoms with Gasteiger partial charge in [0.15, 0.2) is 0 Å². The standard InChI is InChI=1S/C21H34N4O3S/c1-3-4-15-27-19-7-5-18(6-8-19)24-11-13-25(14-12-24)28-23(2)21(20(22)26)9-16-29-17-10-21/h5-8H,3-4,9-17H2,1-2H3,(H2,22,26). The van der Waals surface area contributed by atoms with Gasteiger partial charge in [-0.2, -0.15) is 21.9 Å². The van der Waals surface area contributed by atoms with Crippen LogP contribution in [0.2, 0.25) is 0 Å². The summed E-state index contributed by atoms with van der Waals surface area (Å²) in [5, 5.41) is 3.64. The van der Waals surface area contributed by atoms with E-state index in [0.717, 1.165) is 75.7 Å². The van der Waals surface area contributed by atoms with Crippen molar-refractivity contribution < 1.29 is 14.5 Å². The third kappa shape index (κ3) is 5.57. The van der Waals surface area contributed by atoms with Crippen LogP contribution in [0, 0.1) is 0 Å². The maximum absolute atomic E-state index is 12.2. The van der Waals surface area contributed by atoms with Crippen molar-refractivity contribution in [2.75, 3.05) is 56.2 Å². The Hall–Kier alpha value is -1.48. The number of amides is 1. The normalized spacial score (nSPS) is 20.0. The molecule has 0 atom stereocenters. The third-order valence-electron chi connectivity index (χ3n) is 5.83. The number of hydrogen-bond acceptors (Lipinski definition) is 7. The van der Waals surface area contributed by atoms with Gasteiger partial charge in [-0.1, -0.05) is 13.3 Å². The number of carbonyl (C=O) groups excluding carboxylic acids is 1. The minimum Gasteiger partial charge on any atom is -0.494 e. The Morgan fingerprint density at radius 3 is 2.41 bits per heavy atom. The molecule has 2 N–H and O–H groups in total. The molecule has 2 aliphatic rings. The molecular weight excluding hydrogens is 388 g/mol. The average molecular weight is 423 g/mol. The van der Waals surface area contributed by atoms with Gasteiger partial charge in [0.2, 0.25) is 5.91 Å². The lowest BCUT2D eigenvalue weighted by molar-refractivity contribution is -0.344. The topological polar surface area (TPSA) is 71.3 Å². The number of nitrogens with two attached hydrogens (primary N) is 1. The van der Waals surface area contributed by atoms with E-state index in [-0.39, 0.29) is 5.91 Å². The highest BCUT2D eigenvalue weighted by atomic mass is 32.2. The zero-order valence-corrected chi connectivity index (χ0v) is 18.5. The van der Waals surface area contributed by atoms with Crippen molar-refractivity contribution in [3.8, 4) is 5.75 Å². The van der Waals surface area contributed by atoms with Gasteiger partial charge in [0.05, 0.1) is 6.61 Å². The largest absolute Gasteiger partial charge is 0.494 e. The average Bonchev–Trinajstić information content (AvgIpc) is 2.75.